The number of carboxylic acids is 1. The van der Waals surface area contributed by atoms with Gasteiger partial charge < -0.3 is 14.6 Å². The van der Waals surface area contributed by atoms with Gasteiger partial charge in [0.25, 0.3) is 0 Å². The van der Waals surface area contributed by atoms with Crippen molar-refractivity contribution in [2.75, 3.05) is 6.54 Å². The Morgan fingerprint density at radius 1 is 1.65 bits per heavy atom. The number of carboxylic acid groups (broad SMARTS) is 1. The summed E-state index contributed by atoms with van der Waals surface area (Å²) in [5, 5.41) is 9.00. The van der Waals surface area contributed by atoms with E-state index in [-0.39, 0.29) is 5.91 Å². The molecular formula is C11H15N3O3. The number of imidazole rings is 1. The third-order valence-electron chi connectivity index (χ3n) is 3.11. The van der Waals surface area contributed by atoms with Crippen molar-refractivity contribution in [3.05, 3.63) is 18.2 Å². The zero-order chi connectivity index (χ0) is 12.4. The van der Waals surface area contributed by atoms with Crippen molar-refractivity contribution >= 4 is 11.9 Å². The lowest BCUT2D eigenvalue weighted by atomic mass is 10.2. The van der Waals surface area contributed by atoms with Crippen LogP contribution in [0.1, 0.15) is 18.7 Å². The molecule has 1 fully saturated rings. The van der Waals surface area contributed by atoms with Crippen LogP contribution in [-0.2, 0) is 23.1 Å². The average Bonchev–Trinajstić information content (AvgIpc) is 2.82. The van der Waals surface area contributed by atoms with Crippen molar-refractivity contribution in [3.8, 4) is 0 Å². The minimum Gasteiger partial charge on any atom is -0.480 e. The summed E-state index contributed by atoms with van der Waals surface area (Å²) in [6.45, 7) is 0.417. The minimum absolute atomic E-state index is 0.0772. The van der Waals surface area contributed by atoms with Crippen molar-refractivity contribution in [1.29, 1.82) is 0 Å². The first-order valence-electron chi connectivity index (χ1n) is 5.58. The topological polar surface area (TPSA) is 75.4 Å². The molecule has 6 heteroatoms. The molecule has 17 heavy (non-hydrogen) atoms. The molecule has 92 valence electrons. The van der Waals surface area contributed by atoms with E-state index in [0.717, 1.165) is 5.82 Å². The minimum atomic E-state index is -0.921. The number of carbonyl (C=O) groups excluding carboxylic acids is 1. The Morgan fingerprint density at radius 3 is 3.00 bits per heavy atom. The van der Waals surface area contributed by atoms with E-state index in [9.17, 15) is 9.59 Å². The van der Waals surface area contributed by atoms with E-state index in [2.05, 4.69) is 4.98 Å². The highest BCUT2D eigenvalue weighted by molar-refractivity contribution is 5.87. The normalized spacial score (nSPS) is 19.9. The summed E-state index contributed by atoms with van der Waals surface area (Å²) < 4.78 is 1.87. The number of likely N-dealkylation sites (tertiary alicyclic amines) is 1. The average molecular weight is 237 g/mol. The highest BCUT2D eigenvalue weighted by atomic mass is 16.4. The predicted molar refractivity (Wildman–Crippen MR) is 59.3 cm³/mol. The van der Waals surface area contributed by atoms with E-state index in [4.69, 9.17) is 5.11 Å². The number of aromatic nitrogens is 2. The maximum Gasteiger partial charge on any atom is 0.326 e. The molecule has 2 heterocycles. The molecule has 1 aromatic rings. The van der Waals surface area contributed by atoms with Crippen LogP contribution >= 0.6 is 0 Å². The highest BCUT2D eigenvalue weighted by Crippen LogP contribution is 2.19. The van der Waals surface area contributed by atoms with Crippen LogP contribution in [0.15, 0.2) is 12.4 Å². The molecule has 1 aromatic heterocycles. The Morgan fingerprint density at radius 2 is 2.41 bits per heavy atom. The monoisotopic (exact) mass is 237 g/mol. The Balaban J connectivity index is 2.00. The van der Waals surface area contributed by atoms with Gasteiger partial charge in [-0.15, -0.1) is 0 Å². The molecule has 1 aliphatic rings. The summed E-state index contributed by atoms with van der Waals surface area (Å²) in [4.78, 5) is 28.1. The number of rotatable bonds is 4. The highest BCUT2D eigenvalue weighted by Gasteiger charge is 2.35. The quantitative estimate of drug-likeness (QED) is 0.802. The molecule has 1 unspecified atom stereocenters. The van der Waals surface area contributed by atoms with Crippen LogP contribution in [0.5, 0.6) is 0 Å². The third kappa shape index (κ3) is 2.30. The van der Waals surface area contributed by atoms with Gasteiger partial charge in [-0.05, 0) is 6.42 Å². The van der Waals surface area contributed by atoms with E-state index in [1.54, 1.807) is 6.20 Å². The Hall–Kier alpha value is -1.85. The van der Waals surface area contributed by atoms with Gasteiger partial charge in [-0.2, -0.15) is 0 Å². The molecule has 1 atom stereocenters. The first kappa shape index (κ1) is 11.6. The van der Waals surface area contributed by atoms with Crippen molar-refractivity contribution in [2.45, 2.75) is 25.3 Å². The van der Waals surface area contributed by atoms with Crippen LogP contribution in [0.3, 0.4) is 0 Å². The Kier molecular flexibility index (Phi) is 3.12. The number of carbonyl (C=O) groups is 2. The summed E-state index contributed by atoms with van der Waals surface area (Å²) in [5.74, 6) is -0.142. The fourth-order valence-electron chi connectivity index (χ4n) is 2.13. The Bertz CT molecular complexity index is 441. The second-order valence-electron chi connectivity index (χ2n) is 4.18. The van der Waals surface area contributed by atoms with Gasteiger partial charge in [0.2, 0.25) is 5.91 Å². The molecule has 1 saturated heterocycles. The number of hydrogen-bond acceptors (Lipinski definition) is 3. The van der Waals surface area contributed by atoms with E-state index in [0.29, 0.717) is 25.8 Å². The first-order chi connectivity index (χ1) is 8.09. The fraction of sp³-hybridized carbons (Fsp3) is 0.545. The molecule has 0 aliphatic carbocycles. The molecule has 6 nitrogen and oxygen atoms in total. The summed E-state index contributed by atoms with van der Waals surface area (Å²) in [6, 6.07) is -0.664. The molecule has 1 aliphatic heterocycles. The molecule has 0 spiro atoms. The lowest BCUT2D eigenvalue weighted by Crippen LogP contribution is -2.39. The van der Waals surface area contributed by atoms with E-state index >= 15 is 0 Å². The van der Waals surface area contributed by atoms with Gasteiger partial charge in [0.1, 0.15) is 11.9 Å². The molecule has 0 saturated carbocycles. The zero-order valence-electron chi connectivity index (χ0n) is 9.67. The van der Waals surface area contributed by atoms with E-state index in [1.165, 1.54) is 4.90 Å². The standard InChI is InChI=1S/C11H15N3O3/c1-13-7-5-12-9(13)4-6-14-8(11(16)17)2-3-10(14)15/h5,7-8H,2-4,6H2,1H3,(H,16,17). The van der Waals surface area contributed by atoms with Crippen molar-refractivity contribution < 1.29 is 14.7 Å². The molecular weight excluding hydrogens is 222 g/mol. The third-order valence-corrected chi connectivity index (χ3v) is 3.11. The van der Waals surface area contributed by atoms with Gasteiger partial charge in [0.05, 0.1) is 0 Å². The zero-order valence-corrected chi connectivity index (χ0v) is 9.67. The smallest absolute Gasteiger partial charge is 0.326 e. The second-order valence-corrected chi connectivity index (χ2v) is 4.18. The molecule has 0 bridgehead atoms. The molecule has 0 radical (unpaired) electrons. The van der Waals surface area contributed by atoms with Gasteiger partial charge in [-0.25, -0.2) is 9.78 Å². The van der Waals surface area contributed by atoms with Crippen molar-refractivity contribution in [3.63, 3.8) is 0 Å². The van der Waals surface area contributed by atoms with Crippen LogP contribution in [0.25, 0.3) is 0 Å². The van der Waals surface area contributed by atoms with Crippen LogP contribution in [-0.4, -0.2) is 44.0 Å². The van der Waals surface area contributed by atoms with Crippen LogP contribution in [0, 0.1) is 0 Å². The van der Waals surface area contributed by atoms with Gasteiger partial charge in [-0.1, -0.05) is 0 Å². The van der Waals surface area contributed by atoms with Crippen molar-refractivity contribution in [2.24, 2.45) is 7.05 Å². The summed E-state index contributed by atoms with van der Waals surface area (Å²) in [6.07, 6.45) is 4.84. The van der Waals surface area contributed by atoms with Gasteiger partial charge in [-0.3, -0.25) is 4.79 Å². The number of amides is 1. The first-order valence-corrected chi connectivity index (χ1v) is 5.58. The largest absolute Gasteiger partial charge is 0.480 e. The summed E-state index contributed by atoms with van der Waals surface area (Å²) in [5.41, 5.74) is 0. The van der Waals surface area contributed by atoms with E-state index < -0.39 is 12.0 Å². The van der Waals surface area contributed by atoms with E-state index in [1.807, 2.05) is 17.8 Å². The van der Waals surface area contributed by atoms with Crippen LogP contribution in [0.2, 0.25) is 0 Å². The molecule has 1 N–H and O–H groups in total. The lowest BCUT2D eigenvalue weighted by Gasteiger charge is -2.21. The predicted octanol–water partition coefficient (Wildman–Crippen LogP) is 0.0382. The summed E-state index contributed by atoms with van der Waals surface area (Å²) in [7, 11) is 1.88. The second kappa shape index (κ2) is 4.57. The fourth-order valence-corrected chi connectivity index (χ4v) is 2.13. The maximum atomic E-state index is 11.6. The lowest BCUT2D eigenvalue weighted by molar-refractivity contribution is -0.146. The van der Waals surface area contributed by atoms with Crippen LogP contribution < -0.4 is 0 Å². The Labute approximate surface area is 98.9 Å². The summed E-state index contributed by atoms with van der Waals surface area (Å²) >= 11 is 0. The van der Waals surface area contributed by atoms with Gasteiger partial charge >= 0.3 is 5.97 Å². The SMILES string of the molecule is Cn1ccnc1CCN1C(=O)CCC1C(=O)O. The molecule has 0 aromatic carbocycles. The molecule has 2 rings (SSSR count). The van der Waals surface area contributed by atoms with Crippen LogP contribution in [0.4, 0.5) is 0 Å². The van der Waals surface area contributed by atoms with Gasteiger partial charge in [0, 0.05) is 38.8 Å². The number of aryl methyl sites for hydroxylation is 1. The molecule has 1 amide bonds. The van der Waals surface area contributed by atoms with Crippen molar-refractivity contribution in [1.82, 2.24) is 14.5 Å². The number of aliphatic carboxylic acids is 1. The number of hydrogen-bond donors (Lipinski definition) is 1. The maximum absolute atomic E-state index is 11.6. The van der Waals surface area contributed by atoms with Gasteiger partial charge in [0.15, 0.2) is 0 Å². The number of nitrogens with zero attached hydrogens (tertiary/aromatic N) is 3.